The monoisotopic (exact) mass is 1410 g/mol. The number of fused-ring (bicyclic) bond motifs is 8. The van der Waals surface area contributed by atoms with Crippen LogP contribution in [0, 0.1) is 83.1 Å². The van der Waals surface area contributed by atoms with Gasteiger partial charge in [0.1, 0.15) is 80.9 Å². The van der Waals surface area contributed by atoms with Crippen LogP contribution in [0.25, 0.3) is 90.9 Å². The SMILES string of the molecule is Cc1c(-c2c3nc(c(-c4c(C)c(S(=O)(=O)[O-])c(C)c(S(=O)(=O)[O-])c4C)c4ccc([nH]4)c(-c4c(C)c(S(=O)(=O)[O-])c(C)c(S(=O)(=O)[O-])c4C)c4nc(c(-c5c(C)c(S(=O)(=O)[O-])c(C)c(S(=O)(=O)[O-])c5C)c5ccc2[nH]5)C=C4)C=C3)c(C)c(S(=O)(=O)[O-])c(C)c1S(=O)(=O)[O-]. The molecule has 5 heterocycles. The smallest absolute Gasteiger partial charge is 0.125 e. The lowest BCUT2D eigenvalue weighted by Crippen LogP contribution is -2.14. The van der Waals surface area contributed by atoms with Crippen LogP contribution in [0.1, 0.15) is 89.5 Å². The first-order valence-corrected chi connectivity index (χ1v) is 37.4. The molecule has 0 atom stereocenters. The Morgan fingerprint density at radius 1 is 0.228 bits per heavy atom. The van der Waals surface area contributed by atoms with E-state index >= 15 is 0 Å². The Hall–Kier alpha value is -7.24. The van der Waals surface area contributed by atoms with Crippen LogP contribution in [0.4, 0.5) is 0 Å². The Labute approximate surface area is 527 Å². The summed E-state index contributed by atoms with van der Waals surface area (Å²) in [6, 6.07) is 4.69. The predicted molar refractivity (Wildman–Crippen MR) is 321 cm³/mol. The molecule has 7 aromatic rings. The maximum absolute atomic E-state index is 13.3. The van der Waals surface area contributed by atoms with Crippen molar-refractivity contribution in [2.45, 2.75) is 122 Å². The molecule has 8 bridgehead atoms. The third-order valence-corrected chi connectivity index (χ3v) is 25.1. The first-order valence-electron chi connectivity index (χ1n) is 26.2. The predicted octanol–water partition coefficient (Wildman–Crippen LogP) is 6.26. The summed E-state index contributed by atoms with van der Waals surface area (Å²) >= 11 is 0. The lowest BCUT2D eigenvalue weighted by molar-refractivity contribution is 0.454. The maximum atomic E-state index is 13.3. The number of aromatic amines is 2. The first-order chi connectivity index (χ1) is 41.8. The highest BCUT2D eigenvalue weighted by Crippen LogP contribution is 2.49. The molecule has 0 spiro atoms. The Bertz CT molecular complexity index is 4920. The molecular weight excluding hydrogens is 1370 g/mol. The Kier molecular flexibility index (Phi) is 16.7. The van der Waals surface area contributed by atoms with E-state index < -0.39 is 254 Å². The van der Waals surface area contributed by atoms with Crippen molar-refractivity contribution in [3.63, 3.8) is 0 Å². The zero-order chi connectivity index (χ0) is 69.3. The van der Waals surface area contributed by atoms with E-state index in [9.17, 15) is 104 Å². The van der Waals surface area contributed by atoms with Crippen molar-refractivity contribution in [2.24, 2.45) is 0 Å². The number of nitrogens with one attached hydrogen (secondary N) is 2. The molecule has 490 valence electrons. The van der Waals surface area contributed by atoms with Gasteiger partial charge in [-0.05, 0) is 221 Å². The fraction of sp³-hybridized carbons (Fsp3) is 0.214. The molecule has 0 amide bonds. The van der Waals surface area contributed by atoms with Gasteiger partial charge in [0.2, 0.25) is 0 Å². The molecule has 9 rings (SSSR count). The minimum atomic E-state index is -5.78. The highest BCUT2D eigenvalue weighted by molar-refractivity contribution is 7.88. The molecule has 2 N–H and O–H groups in total. The Morgan fingerprint density at radius 3 is 0.478 bits per heavy atom. The molecule has 36 heteroatoms. The van der Waals surface area contributed by atoms with Crippen molar-refractivity contribution in [3.05, 3.63) is 114 Å². The second kappa shape index (κ2) is 22.2. The van der Waals surface area contributed by atoms with E-state index in [1.807, 2.05) is 0 Å². The Balaban J connectivity index is 1.73. The average molecular weight is 1420 g/mol. The summed E-state index contributed by atoms with van der Waals surface area (Å²) in [5.41, 5.74) is -14.3. The number of rotatable bonds is 12. The van der Waals surface area contributed by atoms with Gasteiger partial charge in [0.25, 0.3) is 0 Å². The third kappa shape index (κ3) is 11.4. The van der Waals surface area contributed by atoms with E-state index in [1.165, 1.54) is 24.3 Å². The van der Waals surface area contributed by atoms with Crippen molar-refractivity contribution >= 4 is 127 Å². The number of hydrogen-bond acceptors (Lipinski definition) is 26. The van der Waals surface area contributed by atoms with Crippen molar-refractivity contribution in [3.8, 4) is 44.5 Å². The fourth-order valence-electron chi connectivity index (χ4n) is 13.5. The lowest BCUT2D eigenvalue weighted by atomic mass is 9.92. The van der Waals surface area contributed by atoms with E-state index in [4.69, 9.17) is 9.97 Å². The van der Waals surface area contributed by atoms with Crippen LogP contribution in [-0.2, 0) is 80.9 Å². The number of nitrogens with zero attached hydrogens (tertiary/aromatic N) is 2. The van der Waals surface area contributed by atoms with Crippen molar-refractivity contribution < 1.29 is 104 Å². The summed E-state index contributed by atoms with van der Waals surface area (Å²) in [6.07, 6.45) is 4.57. The molecule has 92 heavy (non-hydrogen) atoms. The van der Waals surface area contributed by atoms with Crippen LogP contribution < -0.4 is 0 Å². The van der Waals surface area contributed by atoms with Gasteiger partial charge in [-0.3, -0.25) is 0 Å². The molecule has 0 aliphatic carbocycles. The van der Waals surface area contributed by atoms with Gasteiger partial charge in [-0.2, -0.15) is 0 Å². The highest BCUT2D eigenvalue weighted by Gasteiger charge is 2.34. The van der Waals surface area contributed by atoms with Crippen molar-refractivity contribution in [1.29, 1.82) is 0 Å². The van der Waals surface area contributed by atoms with E-state index in [-0.39, 0.29) is 22.1 Å². The molecule has 0 unspecified atom stereocenters. The average Bonchev–Trinajstić information content (AvgIpc) is 1.12. The molecule has 0 radical (unpaired) electrons. The molecule has 28 nitrogen and oxygen atoms in total. The van der Waals surface area contributed by atoms with Crippen LogP contribution in [0.5, 0.6) is 0 Å². The molecular formula is C56H46N4O24S8-8. The van der Waals surface area contributed by atoms with Gasteiger partial charge >= 0.3 is 0 Å². The summed E-state index contributed by atoms with van der Waals surface area (Å²) in [7, 11) is -46.3. The number of H-pyrrole nitrogens is 2. The molecule has 0 saturated heterocycles. The fourth-order valence-corrected chi connectivity index (χ4v) is 21.3. The van der Waals surface area contributed by atoms with Gasteiger partial charge in [0.15, 0.2) is 0 Å². The van der Waals surface area contributed by atoms with Gasteiger partial charge in [-0.25, -0.2) is 77.3 Å². The highest BCUT2D eigenvalue weighted by atomic mass is 32.2. The molecule has 2 aliphatic heterocycles. The van der Waals surface area contributed by atoms with Gasteiger partial charge in [0.05, 0.1) is 61.9 Å². The first kappa shape index (κ1) is 69.1. The molecule has 3 aromatic heterocycles. The molecule has 2 aliphatic rings. The molecule has 0 saturated carbocycles. The van der Waals surface area contributed by atoms with Crippen LogP contribution in [0.2, 0.25) is 0 Å². The second-order valence-corrected chi connectivity index (χ2v) is 32.3. The zero-order valence-corrected chi connectivity index (χ0v) is 56.1. The standard InChI is InChI=1S/C56H54N4O24S8/c1-21-41(22(2)50(86(64,65)66)29(9)49(21)85(61,62)63)45-33-13-15-35(57-33)46(42-23(3)51(87(67,68)69)30(10)52(24(42)4)88(70,71)72)37-17-19-39(59-37)48(44-27(7)55(91(79,80)81)32(12)56(28(44)8)92(82,83)84)40-20-18-38(60-40)47(36-16-14-34(45)58-36)43-25(5)53(89(73,74)75)31(11)54(26(43)6)90(76,77)78/h13-20,57,60H,1-12H3,(H,61,62,63)(H,64,65,66)(H,67,68,69)(H,70,71,72)(H,73,74,75)(H,76,77,78)(H,79,80,81)(H,82,83,84)/p-8. The van der Waals surface area contributed by atoms with Gasteiger partial charge in [-0.15, -0.1) is 0 Å². The Morgan fingerprint density at radius 2 is 0.359 bits per heavy atom. The normalized spacial score (nSPS) is 13.6. The summed E-state index contributed by atoms with van der Waals surface area (Å²) < 4.78 is 320. The quantitative estimate of drug-likeness (QED) is 0.127. The van der Waals surface area contributed by atoms with E-state index in [0.29, 0.717) is 0 Å². The summed E-state index contributed by atoms with van der Waals surface area (Å²) in [5.74, 6) is 0. The van der Waals surface area contributed by atoms with E-state index in [2.05, 4.69) is 9.97 Å². The van der Waals surface area contributed by atoms with Crippen molar-refractivity contribution in [2.75, 3.05) is 0 Å². The van der Waals surface area contributed by atoms with E-state index in [0.717, 1.165) is 107 Å². The minimum Gasteiger partial charge on any atom is -0.744 e. The number of benzene rings is 4. The summed E-state index contributed by atoms with van der Waals surface area (Å²) in [4.78, 5) is 5.99. The third-order valence-electron chi connectivity index (χ3n) is 16.2. The van der Waals surface area contributed by atoms with Gasteiger partial charge in [0, 0.05) is 44.3 Å². The molecule has 4 aromatic carbocycles. The minimum absolute atomic E-state index is 0.336. The number of hydrogen-bond donors (Lipinski definition) is 2. The van der Waals surface area contributed by atoms with Crippen molar-refractivity contribution in [1.82, 2.24) is 19.9 Å². The van der Waals surface area contributed by atoms with E-state index in [1.54, 1.807) is 0 Å². The largest absolute Gasteiger partial charge is 0.744 e. The van der Waals surface area contributed by atoms with Gasteiger partial charge in [-0.1, -0.05) is 0 Å². The zero-order valence-electron chi connectivity index (χ0n) is 49.6. The molecule has 0 fully saturated rings. The van der Waals surface area contributed by atoms with Crippen LogP contribution in [0.15, 0.2) is 63.4 Å². The topological polar surface area (TPSA) is 515 Å². The lowest BCUT2D eigenvalue weighted by Gasteiger charge is -2.25. The number of aromatic nitrogens is 4. The maximum Gasteiger partial charge on any atom is 0.125 e. The van der Waals surface area contributed by atoms with Crippen LogP contribution in [-0.4, -0.2) is 124 Å². The van der Waals surface area contributed by atoms with Crippen LogP contribution >= 0.6 is 0 Å². The summed E-state index contributed by atoms with van der Waals surface area (Å²) in [5, 5.41) is 0. The summed E-state index contributed by atoms with van der Waals surface area (Å²) in [6.45, 7) is 12.0. The second-order valence-electron chi connectivity index (χ2n) is 21.8. The van der Waals surface area contributed by atoms with Crippen LogP contribution in [0.3, 0.4) is 0 Å². The van der Waals surface area contributed by atoms with Gasteiger partial charge < -0.3 is 46.4 Å².